The summed E-state index contributed by atoms with van der Waals surface area (Å²) in [6.45, 7) is 3.69. The van der Waals surface area contributed by atoms with E-state index in [1.54, 1.807) is 20.1 Å². The molecule has 26 heavy (non-hydrogen) atoms. The van der Waals surface area contributed by atoms with Gasteiger partial charge in [0.05, 0.1) is 6.61 Å². The van der Waals surface area contributed by atoms with Gasteiger partial charge in [0, 0.05) is 35.9 Å². The van der Waals surface area contributed by atoms with Gasteiger partial charge in [0.25, 0.3) is 0 Å². The van der Waals surface area contributed by atoms with Gasteiger partial charge in [-0.05, 0) is 26.0 Å². The van der Waals surface area contributed by atoms with Gasteiger partial charge in [-0.2, -0.15) is 23.3 Å². The third-order valence-electron chi connectivity index (χ3n) is 3.95. The minimum atomic E-state index is -4.53. The van der Waals surface area contributed by atoms with Crippen LogP contribution in [0.4, 0.5) is 13.2 Å². The van der Waals surface area contributed by atoms with Crippen molar-refractivity contribution in [2.45, 2.75) is 32.9 Å². The number of hydrogen-bond acceptors (Lipinski definition) is 6. The van der Waals surface area contributed by atoms with E-state index in [2.05, 4.69) is 15.1 Å². The summed E-state index contributed by atoms with van der Waals surface area (Å²) in [6, 6.07) is 2.30. The van der Waals surface area contributed by atoms with Crippen LogP contribution in [-0.2, 0) is 12.6 Å². The summed E-state index contributed by atoms with van der Waals surface area (Å²) >= 11 is 0. The molecule has 0 aliphatic carbocycles. The van der Waals surface area contributed by atoms with Gasteiger partial charge in [0.2, 0.25) is 5.88 Å². The number of halogens is 3. The van der Waals surface area contributed by atoms with Gasteiger partial charge in [-0.3, -0.25) is 0 Å². The Morgan fingerprint density at radius 3 is 2.77 bits per heavy atom. The number of rotatable bonds is 4. The molecule has 2 N–H and O–H groups in total. The molecule has 0 bridgehead atoms. The van der Waals surface area contributed by atoms with Gasteiger partial charge in [0.15, 0.2) is 5.82 Å². The number of pyridine rings is 1. The van der Waals surface area contributed by atoms with Gasteiger partial charge in [-0.15, -0.1) is 0 Å². The van der Waals surface area contributed by atoms with Gasteiger partial charge in [-0.25, -0.2) is 9.98 Å². The fraction of sp³-hybridized carbons (Fsp3) is 0.353. The van der Waals surface area contributed by atoms with Crippen molar-refractivity contribution in [3.05, 3.63) is 46.7 Å². The molecular weight excluding hydrogens is 347 g/mol. The van der Waals surface area contributed by atoms with Gasteiger partial charge in [0.1, 0.15) is 11.5 Å². The Labute approximate surface area is 148 Å². The molecule has 0 unspecified atom stereocenters. The number of aliphatic imine (C=N–C) groups is 1. The minimum Gasteiger partial charge on any atom is -0.478 e. The van der Waals surface area contributed by atoms with Crippen molar-refractivity contribution in [1.29, 1.82) is 0 Å². The fourth-order valence-electron chi connectivity index (χ4n) is 2.70. The van der Waals surface area contributed by atoms with E-state index in [9.17, 15) is 13.2 Å². The first-order valence-electron chi connectivity index (χ1n) is 8.08. The number of ether oxygens (including phenoxy) is 1. The van der Waals surface area contributed by atoms with Crippen molar-refractivity contribution in [3.8, 4) is 5.88 Å². The highest BCUT2D eigenvalue weighted by Gasteiger charge is 2.33. The van der Waals surface area contributed by atoms with Crippen molar-refractivity contribution in [2.24, 2.45) is 15.8 Å². The highest BCUT2D eigenvalue weighted by molar-refractivity contribution is 6.00. The molecule has 2 aliphatic heterocycles. The van der Waals surface area contributed by atoms with Crippen LogP contribution in [0.25, 0.3) is 0 Å². The molecule has 0 aromatic carbocycles. The molecule has 1 aromatic rings. The van der Waals surface area contributed by atoms with Gasteiger partial charge < -0.3 is 10.5 Å². The second kappa shape index (κ2) is 6.81. The van der Waals surface area contributed by atoms with Crippen LogP contribution in [0.3, 0.4) is 0 Å². The van der Waals surface area contributed by atoms with Crippen molar-refractivity contribution in [2.75, 3.05) is 6.61 Å². The van der Waals surface area contributed by atoms with E-state index in [1.165, 1.54) is 11.1 Å². The molecule has 3 heterocycles. The molecule has 0 atom stereocenters. The SMILES string of the molecule is CCOc1nc(C(F)(F)F)ccc1CC1=C(N)N2N=CCC=C2N=C1C. The van der Waals surface area contributed by atoms with E-state index in [4.69, 9.17) is 10.5 Å². The molecule has 6 nitrogen and oxygen atoms in total. The molecule has 9 heteroatoms. The van der Waals surface area contributed by atoms with E-state index in [-0.39, 0.29) is 18.9 Å². The first-order valence-corrected chi connectivity index (χ1v) is 8.08. The Morgan fingerprint density at radius 1 is 1.31 bits per heavy atom. The minimum absolute atomic E-state index is 0.0566. The number of allylic oxidation sites excluding steroid dienone is 2. The number of hydrogen-bond donors (Lipinski definition) is 1. The van der Waals surface area contributed by atoms with Crippen LogP contribution in [0, 0.1) is 0 Å². The summed E-state index contributed by atoms with van der Waals surface area (Å²) in [5, 5.41) is 5.74. The maximum absolute atomic E-state index is 12.9. The van der Waals surface area contributed by atoms with Gasteiger partial charge >= 0.3 is 6.18 Å². The lowest BCUT2D eigenvalue weighted by Crippen LogP contribution is -2.31. The fourth-order valence-corrected chi connectivity index (χ4v) is 2.70. The first kappa shape index (κ1) is 18.0. The summed E-state index contributed by atoms with van der Waals surface area (Å²) < 4.78 is 44.1. The summed E-state index contributed by atoms with van der Waals surface area (Å²) in [5.74, 6) is 0.975. The van der Waals surface area contributed by atoms with Crippen LogP contribution < -0.4 is 10.5 Å². The first-order chi connectivity index (χ1) is 12.3. The van der Waals surface area contributed by atoms with Crippen LogP contribution in [0.1, 0.15) is 31.5 Å². The third kappa shape index (κ3) is 3.42. The Hall–Kier alpha value is -2.84. The highest BCUT2D eigenvalue weighted by Crippen LogP contribution is 2.32. The average Bonchev–Trinajstić information content (AvgIpc) is 2.59. The lowest BCUT2D eigenvalue weighted by molar-refractivity contribution is -0.141. The monoisotopic (exact) mass is 365 g/mol. The van der Waals surface area contributed by atoms with Crippen LogP contribution in [-0.4, -0.2) is 28.5 Å². The van der Waals surface area contributed by atoms with Crippen LogP contribution in [0.5, 0.6) is 5.88 Å². The van der Waals surface area contributed by atoms with Crippen molar-refractivity contribution in [1.82, 2.24) is 9.99 Å². The zero-order chi connectivity index (χ0) is 18.9. The molecule has 0 fully saturated rings. The smallest absolute Gasteiger partial charge is 0.433 e. The predicted octanol–water partition coefficient (Wildman–Crippen LogP) is 3.22. The lowest BCUT2D eigenvalue weighted by Gasteiger charge is -2.29. The molecule has 0 spiro atoms. The van der Waals surface area contributed by atoms with Crippen LogP contribution in [0.2, 0.25) is 0 Å². The molecule has 0 radical (unpaired) electrons. The summed E-state index contributed by atoms with van der Waals surface area (Å²) in [6.07, 6.45) is -0.0303. The molecular formula is C17H18F3N5O. The topological polar surface area (TPSA) is 76.1 Å². The Bertz CT molecular complexity index is 839. The van der Waals surface area contributed by atoms with E-state index >= 15 is 0 Å². The third-order valence-corrected chi connectivity index (χ3v) is 3.95. The average molecular weight is 365 g/mol. The van der Waals surface area contributed by atoms with Crippen LogP contribution in [0.15, 0.2) is 45.5 Å². The normalized spacial score (nSPS) is 17.0. The second-order valence-electron chi connectivity index (χ2n) is 5.74. The number of fused-ring (bicyclic) bond motifs is 1. The Balaban J connectivity index is 1.97. The number of hydrazone groups is 1. The molecule has 1 aromatic heterocycles. The maximum atomic E-state index is 12.9. The number of aromatic nitrogens is 1. The molecule has 2 aliphatic rings. The van der Waals surface area contributed by atoms with E-state index in [0.717, 1.165) is 6.07 Å². The summed E-state index contributed by atoms with van der Waals surface area (Å²) in [5.41, 5.74) is 7.09. The quantitative estimate of drug-likeness (QED) is 0.889. The van der Waals surface area contributed by atoms with Crippen molar-refractivity contribution in [3.63, 3.8) is 0 Å². The Kier molecular flexibility index (Phi) is 4.71. The maximum Gasteiger partial charge on any atom is 0.433 e. The molecule has 0 saturated heterocycles. The molecule has 3 rings (SSSR count). The number of nitrogens with two attached hydrogens (primary N) is 1. The second-order valence-corrected chi connectivity index (χ2v) is 5.74. The Morgan fingerprint density at radius 2 is 2.08 bits per heavy atom. The van der Waals surface area contributed by atoms with E-state index in [0.29, 0.717) is 34.9 Å². The van der Waals surface area contributed by atoms with Gasteiger partial charge in [-0.1, -0.05) is 6.07 Å². The largest absolute Gasteiger partial charge is 0.478 e. The zero-order valence-corrected chi connectivity index (χ0v) is 14.3. The van der Waals surface area contributed by atoms with E-state index in [1.807, 2.05) is 6.08 Å². The lowest BCUT2D eigenvalue weighted by atomic mass is 10.0. The number of alkyl halides is 3. The van der Waals surface area contributed by atoms with E-state index < -0.39 is 11.9 Å². The summed E-state index contributed by atoms with van der Waals surface area (Å²) in [4.78, 5) is 8.10. The standard InChI is InChI=1S/C17H18F3N5O/c1-3-26-16-11(6-7-13(24-16)17(18,19)20)9-12-10(2)23-14-5-4-8-22-25(14)15(12)21/h5-8H,3-4,9,21H2,1-2H3. The number of nitrogens with zero attached hydrogens (tertiary/aromatic N) is 4. The predicted molar refractivity (Wildman–Crippen MR) is 91.5 cm³/mol. The van der Waals surface area contributed by atoms with Crippen molar-refractivity contribution >= 4 is 11.9 Å². The molecule has 0 amide bonds. The zero-order valence-electron chi connectivity index (χ0n) is 14.3. The highest BCUT2D eigenvalue weighted by atomic mass is 19.4. The summed E-state index contributed by atoms with van der Waals surface area (Å²) in [7, 11) is 0. The van der Waals surface area contributed by atoms with Crippen LogP contribution >= 0.6 is 0 Å². The molecule has 0 saturated carbocycles. The van der Waals surface area contributed by atoms with Crippen molar-refractivity contribution < 1.29 is 17.9 Å². The molecule has 138 valence electrons.